The van der Waals surface area contributed by atoms with Crippen LogP contribution in [0.25, 0.3) is 0 Å². The van der Waals surface area contributed by atoms with Crippen molar-refractivity contribution in [2.45, 2.75) is 37.0 Å². The van der Waals surface area contributed by atoms with Crippen molar-refractivity contribution in [1.82, 2.24) is 14.8 Å². The van der Waals surface area contributed by atoms with Crippen LogP contribution in [0.2, 0.25) is 0 Å². The standard InChI is InChI=1S/C9H14ClN3/c1-13-9(11-6-12-13)7-4-2-3-5-8(7)10/h6-8H,2-5H2,1H3. The van der Waals surface area contributed by atoms with Crippen molar-refractivity contribution >= 4 is 11.6 Å². The Kier molecular flexibility index (Phi) is 2.54. The van der Waals surface area contributed by atoms with Gasteiger partial charge in [0.2, 0.25) is 0 Å². The summed E-state index contributed by atoms with van der Waals surface area (Å²) in [6.07, 6.45) is 6.39. The second-order valence-electron chi connectivity index (χ2n) is 3.65. The van der Waals surface area contributed by atoms with Gasteiger partial charge in [0.1, 0.15) is 12.2 Å². The zero-order chi connectivity index (χ0) is 9.26. The van der Waals surface area contributed by atoms with Crippen LogP contribution < -0.4 is 0 Å². The maximum atomic E-state index is 6.26. The predicted octanol–water partition coefficient (Wildman–Crippen LogP) is 2.08. The van der Waals surface area contributed by atoms with Crippen molar-refractivity contribution in [3.8, 4) is 0 Å². The Labute approximate surface area is 83.1 Å². The van der Waals surface area contributed by atoms with E-state index in [9.17, 15) is 0 Å². The van der Waals surface area contributed by atoms with Crippen LogP contribution in [0, 0.1) is 0 Å². The van der Waals surface area contributed by atoms with Crippen LogP contribution in [-0.2, 0) is 7.05 Å². The minimum Gasteiger partial charge on any atom is -0.253 e. The third-order valence-corrected chi connectivity index (χ3v) is 3.28. The molecule has 2 unspecified atom stereocenters. The Balaban J connectivity index is 2.19. The molecule has 3 nitrogen and oxygen atoms in total. The fourth-order valence-corrected chi connectivity index (χ4v) is 2.41. The minimum atomic E-state index is 0.247. The minimum absolute atomic E-state index is 0.247. The molecule has 0 bridgehead atoms. The molecule has 0 radical (unpaired) electrons. The number of aromatic nitrogens is 3. The fraction of sp³-hybridized carbons (Fsp3) is 0.778. The summed E-state index contributed by atoms with van der Waals surface area (Å²) in [4.78, 5) is 4.26. The SMILES string of the molecule is Cn1ncnc1C1CCCCC1Cl. The largest absolute Gasteiger partial charge is 0.253 e. The molecule has 4 heteroatoms. The summed E-state index contributed by atoms with van der Waals surface area (Å²) in [7, 11) is 1.93. The summed E-state index contributed by atoms with van der Waals surface area (Å²) in [6.45, 7) is 0. The van der Waals surface area contributed by atoms with E-state index in [0.29, 0.717) is 5.92 Å². The van der Waals surface area contributed by atoms with Crippen LogP contribution in [0.1, 0.15) is 37.4 Å². The van der Waals surface area contributed by atoms with Crippen LogP contribution in [0.3, 0.4) is 0 Å². The normalized spacial score (nSPS) is 29.1. The molecule has 0 saturated heterocycles. The molecule has 0 N–H and O–H groups in total. The molecule has 0 amide bonds. The Bertz CT molecular complexity index is 284. The molecule has 72 valence electrons. The van der Waals surface area contributed by atoms with E-state index in [4.69, 9.17) is 11.6 Å². The van der Waals surface area contributed by atoms with E-state index in [2.05, 4.69) is 10.1 Å². The number of nitrogens with zero attached hydrogens (tertiary/aromatic N) is 3. The topological polar surface area (TPSA) is 30.7 Å². The van der Waals surface area contributed by atoms with Gasteiger partial charge in [-0.2, -0.15) is 5.10 Å². The summed E-state index contributed by atoms with van der Waals surface area (Å²) < 4.78 is 1.84. The zero-order valence-electron chi connectivity index (χ0n) is 7.78. The second kappa shape index (κ2) is 3.66. The molecule has 1 aromatic heterocycles. The van der Waals surface area contributed by atoms with Gasteiger partial charge >= 0.3 is 0 Å². The van der Waals surface area contributed by atoms with Crippen LogP contribution in [-0.4, -0.2) is 20.1 Å². The van der Waals surface area contributed by atoms with Gasteiger partial charge in [0, 0.05) is 18.3 Å². The van der Waals surface area contributed by atoms with Crippen LogP contribution >= 0.6 is 11.6 Å². The highest BCUT2D eigenvalue weighted by Crippen LogP contribution is 2.34. The van der Waals surface area contributed by atoms with Crippen molar-refractivity contribution in [3.63, 3.8) is 0 Å². The summed E-state index contributed by atoms with van der Waals surface area (Å²) in [5.41, 5.74) is 0. The zero-order valence-corrected chi connectivity index (χ0v) is 8.54. The Hall–Kier alpha value is -0.570. The van der Waals surface area contributed by atoms with E-state index in [1.807, 2.05) is 11.7 Å². The van der Waals surface area contributed by atoms with Gasteiger partial charge in [-0.1, -0.05) is 12.8 Å². The van der Waals surface area contributed by atoms with Crippen molar-refractivity contribution in [2.24, 2.45) is 7.05 Å². The molecule has 0 aromatic carbocycles. The second-order valence-corrected chi connectivity index (χ2v) is 4.21. The summed E-state index contributed by atoms with van der Waals surface area (Å²) >= 11 is 6.26. The molecule has 0 aliphatic heterocycles. The summed E-state index contributed by atoms with van der Waals surface area (Å²) in [5.74, 6) is 1.45. The first kappa shape index (κ1) is 9.00. The Morgan fingerprint density at radius 3 is 2.85 bits per heavy atom. The van der Waals surface area contributed by atoms with Crippen molar-refractivity contribution in [2.75, 3.05) is 0 Å². The molecule has 1 aliphatic rings. The highest BCUT2D eigenvalue weighted by Gasteiger charge is 2.27. The van der Waals surface area contributed by atoms with Crippen molar-refractivity contribution in [1.29, 1.82) is 0 Å². The van der Waals surface area contributed by atoms with Gasteiger partial charge in [0.15, 0.2) is 0 Å². The lowest BCUT2D eigenvalue weighted by atomic mass is 9.88. The molecule has 1 aliphatic carbocycles. The van der Waals surface area contributed by atoms with E-state index in [1.165, 1.54) is 12.8 Å². The summed E-state index contributed by atoms with van der Waals surface area (Å²) in [5, 5.41) is 4.32. The van der Waals surface area contributed by atoms with E-state index in [-0.39, 0.29) is 5.38 Å². The first-order chi connectivity index (χ1) is 6.29. The molecule has 13 heavy (non-hydrogen) atoms. The van der Waals surface area contributed by atoms with Gasteiger partial charge in [-0.25, -0.2) is 4.98 Å². The molecule has 0 spiro atoms. The van der Waals surface area contributed by atoms with E-state index < -0.39 is 0 Å². The fourth-order valence-electron chi connectivity index (χ4n) is 2.02. The summed E-state index contributed by atoms with van der Waals surface area (Å²) in [6, 6.07) is 0. The van der Waals surface area contributed by atoms with Crippen LogP contribution in [0.15, 0.2) is 6.33 Å². The van der Waals surface area contributed by atoms with Gasteiger partial charge in [0.05, 0.1) is 0 Å². The van der Waals surface area contributed by atoms with Gasteiger partial charge in [-0.05, 0) is 12.8 Å². The van der Waals surface area contributed by atoms with Gasteiger partial charge in [-0.15, -0.1) is 11.6 Å². The van der Waals surface area contributed by atoms with Crippen LogP contribution in [0.5, 0.6) is 0 Å². The number of alkyl halides is 1. The van der Waals surface area contributed by atoms with E-state index in [0.717, 1.165) is 18.7 Å². The molecule has 2 atom stereocenters. The third-order valence-electron chi connectivity index (χ3n) is 2.76. The van der Waals surface area contributed by atoms with E-state index >= 15 is 0 Å². The lowest BCUT2D eigenvalue weighted by Gasteiger charge is -2.25. The number of rotatable bonds is 1. The smallest absolute Gasteiger partial charge is 0.138 e. The number of hydrogen-bond acceptors (Lipinski definition) is 2. The average Bonchev–Trinajstić information content (AvgIpc) is 2.52. The first-order valence-corrected chi connectivity index (χ1v) is 5.20. The van der Waals surface area contributed by atoms with Gasteiger partial charge in [0.25, 0.3) is 0 Å². The lowest BCUT2D eigenvalue weighted by Crippen LogP contribution is -2.21. The maximum absolute atomic E-state index is 6.26. The molecule has 1 aromatic rings. The molecule has 2 rings (SSSR count). The quantitative estimate of drug-likeness (QED) is 0.649. The van der Waals surface area contributed by atoms with Crippen molar-refractivity contribution in [3.05, 3.63) is 12.2 Å². The van der Waals surface area contributed by atoms with E-state index in [1.54, 1.807) is 6.33 Å². The molecule has 1 heterocycles. The molecule has 1 saturated carbocycles. The Morgan fingerprint density at radius 1 is 1.46 bits per heavy atom. The third kappa shape index (κ3) is 1.70. The van der Waals surface area contributed by atoms with Gasteiger partial charge < -0.3 is 0 Å². The number of halogens is 1. The molecular formula is C9H14ClN3. The van der Waals surface area contributed by atoms with Gasteiger partial charge in [-0.3, -0.25) is 4.68 Å². The average molecular weight is 200 g/mol. The number of aryl methyl sites for hydroxylation is 1. The van der Waals surface area contributed by atoms with Crippen molar-refractivity contribution < 1.29 is 0 Å². The first-order valence-electron chi connectivity index (χ1n) is 4.77. The Morgan fingerprint density at radius 2 is 2.23 bits per heavy atom. The molecule has 1 fully saturated rings. The maximum Gasteiger partial charge on any atom is 0.138 e. The highest BCUT2D eigenvalue weighted by atomic mass is 35.5. The lowest BCUT2D eigenvalue weighted by molar-refractivity contribution is 0.423. The van der Waals surface area contributed by atoms with Crippen LogP contribution in [0.4, 0.5) is 0 Å². The predicted molar refractivity (Wildman–Crippen MR) is 51.9 cm³/mol. The number of hydrogen-bond donors (Lipinski definition) is 0. The monoisotopic (exact) mass is 199 g/mol. The molecular weight excluding hydrogens is 186 g/mol. The highest BCUT2D eigenvalue weighted by molar-refractivity contribution is 6.21.